The van der Waals surface area contributed by atoms with Crippen LogP contribution < -0.4 is 5.32 Å². The summed E-state index contributed by atoms with van der Waals surface area (Å²) in [5, 5.41) is 4.82. The SMILES string of the molecule is CN1CC(=O)N2CCC(NC(=O)c3cccs3)CC2C1=O. The van der Waals surface area contributed by atoms with Crippen LogP contribution in [0.5, 0.6) is 0 Å². The number of hydrogen-bond acceptors (Lipinski definition) is 4. The van der Waals surface area contributed by atoms with Gasteiger partial charge in [-0.1, -0.05) is 6.07 Å². The number of likely N-dealkylation sites (N-methyl/N-ethyl adjacent to an activating group) is 1. The predicted molar refractivity (Wildman–Crippen MR) is 77.9 cm³/mol. The Bertz CT molecular complexity index is 572. The summed E-state index contributed by atoms with van der Waals surface area (Å²) in [7, 11) is 1.64. The molecule has 3 rings (SSSR count). The van der Waals surface area contributed by atoms with Crippen molar-refractivity contribution in [2.75, 3.05) is 20.1 Å². The van der Waals surface area contributed by atoms with E-state index in [9.17, 15) is 14.4 Å². The Morgan fingerprint density at radius 2 is 2.24 bits per heavy atom. The smallest absolute Gasteiger partial charge is 0.261 e. The van der Waals surface area contributed by atoms with E-state index in [1.165, 1.54) is 16.2 Å². The monoisotopic (exact) mass is 307 g/mol. The lowest BCUT2D eigenvalue weighted by molar-refractivity contribution is -0.156. The van der Waals surface area contributed by atoms with Crippen LogP contribution in [0, 0.1) is 0 Å². The van der Waals surface area contributed by atoms with Crippen molar-refractivity contribution >= 4 is 29.1 Å². The second kappa shape index (κ2) is 5.48. The average Bonchev–Trinajstić information content (AvgIpc) is 2.99. The number of nitrogens with zero attached hydrogens (tertiary/aromatic N) is 2. The first kappa shape index (κ1) is 14.1. The van der Waals surface area contributed by atoms with Gasteiger partial charge in [0.2, 0.25) is 11.8 Å². The first-order valence-electron chi connectivity index (χ1n) is 6.95. The lowest BCUT2D eigenvalue weighted by Gasteiger charge is -2.44. The van der Waals surface area contributed by atoms with E-state index in [1.54, 1.807) is 18.0 Å². The van der Waals surface area contributed by atoms with E-state index in [0.717, 1.165) is 0 Å². The molecule has 1 aromatic rings. The van der Waals surface area contributed by atoms with Crippen molar-refractivity contribution in [1.82, 2.24) is 15.1 Å². The highest BCUT2D eigenvalue weighted by molar-refractivity contribution is 7.12. The van der Waals surface area contributed by atoms with Crippen LogP contribution in [0.25, 0.3) is 0 Å². The molecule has 0 aliphatic carbocycles. The summed E-state index contributed by atoms with van der Waals surface area (Å²) < 4.78 is 0. The third kappa shape index (κ3) is 2.65. The minimum absolute atomic E-state index is 0.00914. The molecule has 0 aromatic carbocycles. The third-order valence-electron chi connectivity index (χ3n) is 4.04. The maximum atomic E-state index is 12.2. The van der Waals surface area contributed by atoms with Gasteiger partial charge in [-0.2, -0.15) is 0 Å². The molecule has 0 radical (unpaired) electrons. The number of fused-ring (bicyclic) bond motifs is 1. The van der Waals surface area contributed by atoms with Crippen molar-refractivity contribution < 1.29 is 14.4 Å². The predicted octanol–water partition coefficient (Wildman–Crippen LogP) is 0.310. The summed E-state index contributed by atoms with van der Waals surface area (Å²) in [6.45, 7) is 0.681. The Balaban J connectivity index is 1.67. The zero-order valence-corrected chi connectivity index (χ0v) is 12.6. The van der Waals surface area contributed by atoms with Gasteiger partial charge in [-0.05, 0) is 24.3 Å². The minimum Gasteiger partial charge on any atom is -0.348 e. The number of carbonyl (C=O) groups excluding carboxylic acids is 3. The van der Waals surface area contributed by atoms with Gasteiger partial charge in [-0.3, -0.25) is 14.4 Å². The van der Waals surface area contributed by atoms with Crippen molar-refractivity contribution in [3.8, 4) is 0 Å². The highest BCUT2D eigenvalue weighted by atomic mass is 32.1. The Kier molecular flexibility index (Phi) is 3.67. The van der Waals surface area contributed by atoms with Crippen LogP contribution in [0.15, 0.2) is 17.5 Å². The highest BCUT2D eigenvalue weighted by Gasteiger charge is 2.42. The van der Waals surface area contributed by atoms with Crippen LogP contribution in [-0.2, 0) is 9.59 Å². The summed E-state index contributed by atoms with van der Waals surface area (Å²) in [5.74, 6) is -0.152. The molecule has 2 aliphatic rings. The molecular formula is C14H17N3O3S. The maximum Gasteiger partial charge on any atom is 0.261 e. The molecule has 21 heavy (non-hydrogen) atoms. The fourth-order valence-corrected chi connectivity index (χ4v) is 3.55. The molecule has 0 spiro atoms. The molecule has 2 aliphatic heterocycles. The molecule has 1 aromatic heterocycles. The summed E-state index contributed by atoms with van der Waals surface area (Å²) >= 11 is 1.39. The molecule has 112 valence electrons. The van der Waals surface area contributed by atoms with E-state index >= 15 is 0 Å². The van der Waals surface area contributed by atoms with Crippen LogP contribution in [0.2, 0.25) is 0 Å². The minimum atomic E-state index is -0.432. The van der Waals surface area contributed by atoms with Gasteiger partial charge >= 0.3 is 0 Å². The number of piperidine rings is 1. The molecule has 0 bridgehead atoms. The van der Waals surface area contributed by atoms with Crippen molar-refractivity contribution in [2.24, 2.45) is 0 Å². The lowest BCUT2D eigenvalue weighted by atomic mass is 9.94. The van der Waals surface area contributed by atoms with Gasteiger partial charge in [0.05, 0.1) is 11.4 Å². The number of piperazine rings is 1. The molecule has 7 heteroatoms. The van der Waals surface area contributed by atoms with E-state index in [-0.39, 0.29) is 30.3 Å². The number of nitrogens with one attached hydrogen (secondary N) is 1. The van der Waals surface area contributed by atoms with E-state index in [4.69, 9.17) is 0 Å². The Morgan fingerprint density at radius 3 is 2.95 bits per heavy atom. The third-order valence-corrected chi connectivity index (χ3v) is 4.91. The molecule has 2 atom stereocenters. The van der Waals surface area contributed by atoms with E-state index < -0.39 is 6.04 Å². The molecule has 1 N–H and O–H groups in total. The summed E-state index contributed by atoms with van der Waals surface area (Å²) in [4.78, 5) is 40.0. The number of carbonyl (C=O) groups is 3. The van der Waals surface area contributed by atoms with Crippen molar-refractivity contribution in [1.29, 1.82) is 0 Å². The van der Waals surface area contributed by atoms with E-state index in [1.807, 2.05) is 11.4 Å². The summed E-state index contributed by atoms with van der Waals surface area (Å²) in [6, 6.07) is 3.11. The molecule has 0 saturated carbocycles. The first-order valence-corrected chi connectivity index (χ1v) is 7.83. The zero-order chi connectivity index (χ0) is 15.0. The molecule has 3 amide bonds. The zero-order valence-electron chi connectivity index (χ0n) is 11.7. The quantitative estimate of drug-likeness (QED) is 0.855. The lowest BCUT2D eigenvalue weighted by Crippen LogP contribution is -2.63. The van der Waals surface area contributed by atoms with Crippen LogP contribution in [0.4, 0.5) is 0 Å². The van der Waals surface area contributed by atoms with Gasteiger partial charge in [0, 0.05) is 19.6 Å². The second-order valence-electron chi connectivity index (χ2n) is 5.47. The van der Waals surface area contributed by atoms with Gasteiger partial charge in [0.15, 0.2) is 0 Å². The highest BCUT2D eigenvalue weighted by Crippen LogP contribution is 2.23. The van der Waals surface area contributed by atoms with Gasteiger partial charge in [-0.25, -0.2) is 0 Å². The van der Waals surface area contributed by atoms with Gasteiger partial charge < -0.3 is 15.1 Å². The average molecular weight is 307 g/mol. The maximum absolute atomic E-state index is 12.2. The van der Waals surface area contributed by atoms with Crippen molar-refractivity contribution in [2.45, 2.75) is 24.9 Å². The van der Waals surface area contributed by atoms with Crippen LogP contribution in [-0.4, -0.2) is 59.7 Å². The molecular weight excluding hydrogens is 290 g/mol. The van der Waals surface area contributed by atoms with Crippen molar-refractivity contribution in [3.05, 3.63) is 22.4 Å². The fraction of sp³-hybridized carbons (Fsp3) is 0.500. The number of thiophene rings is 1. The molecule has 2 unspecified atom stereocenters. The van der Waals surface area contributed by atoms with Crippen LogP contribution in [0.1, 0.15) is 22.5 Å². The largest absolute Gasteiger partial charge is 0.348 e. The van der Waals surface area contributed by atoms with Crippen LogP contribution in [0.3, 0.4) is 0 Å². The Hall–Kier alpha value is -1.89. The number of rotatable bonds is 2. The summed E-state index contributed by atoms with van der Waals surface area (Å²) in [5.41, 5.74) is 0. The number of amides is 3. The second-order valence-corrected chi connectivity index (χ2v) is 6.42. The van der Waals surface area contributed by atoms with E-state index in [2.05, 4.69) is 5.32 Å². The molecule has 6 nitrogen and oxygen atoms in total. The standard InChI is InChI=1S/C14H17N3O3S/c1-16-8-12(18)17-5-4-9(7-10(17)14(16)20)15-13(19)11-3-2-6-21-11/h2-3,6,9-10H,4-5,7-8H2,1H3,(H,15,19). The van der Waals surface area contributed by atoms with Crippen LogP contribution >= 0.6 is 11.3 Å². The molecule has 2 saturated heterocycles. The molecule has 3 heterocycles. The Morgan fingerprint density at radius 1 is 1.43 bits per heavy atom. The fourth-order valence-electron chi connectivity index (χ4n) is 2.92. The molecule has 2 fully saturated rings. The Labute approximate surface area is 126 Å². The summed E-state index contributed by atoms with van der Waals surface area (Å²) in [6.07, 6.45) is 1.18. The van der Waals surface area contributed by atoms with Gasteiger partial charge in [0.1, 0.15) is 6.04 Å². The number of hydrogen-bond donors (Lipinski definition) is 1. The van der Waals surface area contributed by atoms with Gasteiger partial charge in [0.25, 0.3) is 5.91 Å². The van der Waals surface area contributed by atoms with Crippen molar-refractivity contribution in [3.63, 3.8) is 0 Å². The van der Waals surface area contributed by atoms with Gasteiger partial charge in [-0.15, -0.1) is 11.3 Å². The normalized spacial score (nSPS) is 25.8. The topological polar surface area (TPSA) is 69.7 Å². The first-order chi connectivity index (χ1) is 10.1. The van der Waals surface area contributed by atoms with E-state index in [0.29, 0.717) is 24.3 Å².